The zero-order valence-electron chi connectivity index (χ0n) is 19.1. The number of alkyl carbamates (subject to hydrolysis) is 1. The van der Waals surface area contributed by atoms with Gasteiger partial charge < -0.3 is 20.5 Å². The Morgan fingerprint density at radius 1 is 0.829 bits per heavy atom. The van der Waals surface area contributed by atoms with Gasteiger partial charge in [-0.05, 0) is 33.4 Å². The maximum absolute atomic E-state index is 12.2. The summed E-state index contributed by atoms with van der Waals surface area (Å²) in [5.41, 5.74) is 6.01. The molecule has 7 nitrogen and oxygen atoms in total. The number of amides is 2. The van der Waals surface area contributed by atoms with Crippen molar-refractivity contribution in [3.05, 3.63) is 107 Å². The van der Waals surface area contributed by atoms with Gasteiger partial charge in [-0.1, -0.05) is 78.9 Å². The molecule has 3 aromatic carbocycles. The van der Waals surface area contributed by atoms with Gasteiger partial charge in [-0.3, -0.25) is 9.59 Å². The van der Waals surface area contributed by atoms with E-state index < -0.39 is 12.1 Å². The highest BCUT2D eigenvalue weighted by Crippen LogP contribution is 2.44. The highest BCUT2D eigenvalue weighted by Gasteiger charge is 2.28. The number of carboxylic acids is 1. The summed E-state index contributed by atoms with van der Waals surface area (Å²) < 4.78 is 5.46. The summed E-state index contributed by atoms with van der Waals surface area (Å²) in [6, 6.07) is 23.3. The lowest BCUT2D eigenvalue weighted by molar-refractivity contribution is -0.136. The molecule has 0 spiro atoms. The van der Waals surface area contributed by atoms with E-state index >= 15 is 0 Å². The summed E-state index contributed by atoms with van der Waals surface area (Å²) in [5, 5.41) is 14.3. The molecular weight excluding hydrogens is 444 g/mol. The minimum absolute atomic E-state index is 0.0153. The van der Waals surface area contributed by atoms with E-state index in [2.05, 4.69) is 34.9 Å². The molecule has 0 aromatic heterocycles. The smallest absolute Gasteiger partial charge is 0.407 e. The number of nitrogens with one attached hydrogen (secondary N) is 2. The number of rotatable bonds is 9. The quantitative estimate of drug-likeness (QED) is 0.410. The monoisotopic (exact) mass is 470 g/mol. The zero-order chi connectivity index (χ0) is 24.6. The second-order valence-electron chi connectivity index (χ2n) is 8.17. The number of carbonyl (C=O) groups excluding carboxylic acids is 2. The lowest BCUT2D eigenvalue weighted by Crippen LogP contribution is -2.27. The summed E-state index contributed by atoms with van der Waals surface area (Å²) in [4.78, 5) is 35.2. The van der Waals surface area contributed by atoms with Crippen molar-refractivity contribution >= 4 is 18.0 Å². The fraction of sp³-hybridized carbons (Fsp3) is 0.179. The Bertz CT molecular complexity index is 1220. The van der Waals surface area contributed by atoms with Crippen LogP contribution in [0.15, 0.2) is 84.9 Å². The summed E-state index contributed by atoms with van der Waals surface area (Å²) in [5.74, 6) is -1.29. The average Bonchev–Trinajstić information content (AvgIpc) is 3.18. The van der Waals surface area contributed by atoms with Gasteiger partial charge in [-0.25, -0.2) is 4.79 Å². The number of hydrogen-bond donors (Lipinski definition) is 3. The van der Waals surface area contributed by atoms with Crippen molar-refractivity contribution < 1.29 is 24.2 Å². The van der Waals surface area contributed by atoms with Crippen LogP contribution in [0.2, 0.25) is 0 Å². The molecule has 0 saturated carbocycles. The van der Waals surface area contributed by atoms with Gasteiger partial charge >= 0.3 is 12.1 Å². The summed E-state index contributed by atoms with van der Waals surface area (Å²) >= 11 is 0. The molecule has 2 amide bonds. The van der Waals surface area contributed by atoms with Gasteiger partial charge in [-0.2, -0.15) is 0 Å². The molecule has 4 rings (SSSR count). The van der Waals surface area contributed by atoms with E-state index in [9.17, 15) is 14.4 Å². The van der Waals surface area contributed by atoms with Crippen LogP contribution in [0.3, 0.4) is 0 Å². The van der Waals surface area contributed by atoms with Crippen molar-refractivity contribution in [2.75, 3.05) is 13.2 Å². The number of ether oxygens (including phenoxy) is 1. The maximum atomic E-state index is 12.2. The standard InChI is InChI=1S/C28H26N2O5/c31-26(30-17-20-9-2-1-8-19(20)16-27(32)33)14-7-15-29-28(34)35-18-25-23-12-5-3-10-21(23)22-11-4-6-13-24(22)25/h1-14,25H,15-18H2,(H,29,34)(H,30,31)(H,32,33)/b14-7+. The van der Waals surface area contributed by atoms with E-state index in [0.717, 1.165) is 27.8 Å². The molecule has 7 heteroatoms. The first kappa shape index (κ1) is 23.8. The molecule has 178 valence electrons. The highest BCUT2D eigenvalue weighted by atomic mass is 16.5. The molecule has 0 bridgehead atoms. The first-order valence-electron chi connectivity index (χ1n) is 11.3. The largest absolute Gasteiger partial charge is 0.481 e. The van der Waals surface area contributed by atoms with Crippen molar-refractivity contribution in [3.8, 4) is 11.1 Å². The molecule has 0 fully saturated rings. The summed E-state index contributed by atoms with van der Waals surface area (Å²) in [6.07, 6.45) is 2.19. The normalized spacial score (nSPS) is 12.1. The molecule has 0 heterocycles. The lowest BCUT2D eigenvalue weighted by Gasteiger charge is -2.14. The molecule has 3 N–H and O–H groups in total. The minimum atomic E-state index is -0.928. The SMILES string of the molecule is O=C(O)Cc1ccccc1CNC(=O)/C=C/CNC(=O)OCC1c2ccccc2-c2ccccc21. The van der Waals surface area contributed by atoms with Crippen LogP contribution >= 0.6 is 0 Å². The first-order chi connectivity index (χ1) is 17.0. The Labute approximate surface area is 203 Å². The number of benzene rings is 3. The molecule has 0 saturated heterocycles. The Morgan fingerprint density at radius 2 is 1.43 bits per heavy atom. The number of carbonyl (C=O) groups is 3. The molecular formula is C28H26N2O5. The Kier molecular flexibility index (Phi) is 7.57. The van der Waals surface area contributed by atoms with Crippen molar-refractivity contribution in [2.45, 2.75) is 18.9 Å². The van der Waals surface area contributed by atoms with Gasteiger partial charge in [0, 0.05) is 25.1 Å². The predicted octanol–water partition coefficient (Wildman–Crippen LogP) is 4.02. The molecule has 0 atom stereocenters. The molecule has 35 heavy (non-hydrogen) atoms. The van der Waals surface area contributed by atoms with E-state index in [1.54, 1.807) is 24.3 Å². The van der Waals surface area contributed by atoms with Gasteiger partial charge in [0.05, 0.1) is 6.42 Å². The van der Waals surface area contributed by atoms with Crippen molar-refractivity contribution in [3.63, 3.8) is 0 Å². The number of fused-ring (bicyclic) bond motifs is 3. The molecule has 3 aromatic rings. The van der Waals surface area contributed by atoms with Crippen LogP contribution < -0.4 is 10.6 Å². The first-order valence-corrected chi connectivity index (χ1v) is 11.3. The average molecular weight is 471 g/mol. The molecule has 0 radical (unpaired) electrons. The van der Waals surface area contributed by atoms with Gasteiger partial charge in [0.15, 0.2) is 0 Å². The number of carboxylic acid groups (broad SMARTS) is 1. The minimum Gasteiger partial charge on any atom is -0.481 e. The van der Waals surface area contributed by atoms with Crippen molar-refractivity contribution in [2.24, 2.45) is 0 Å². The van der Waals surface area contributed by atoms with E-state index in [1.807, 2.05) is 24.3 Å². The predicted molar refractivity (Wildman–Crippen MR) is 132 cm³/mol. The number of aliphatic carboxylic acids is 1. The van der Waals surface area contributed by atoms with E-state index in [1.165, 1.54) is 12.2 Å². The van der Waals surface area contributed by atoms with Crippen LogP contribution in [0.4, 0.5) is 4.79 Å². The number of hydrogen-bond acceptors (Lipinski definition) is 4. The molecule has 0 unspecified atom stereocenters. The third-order valence-electron chi connectivity index (χ3n) is 5.89. The second kappa shape index (κ2) is 11.2. The van der Waals surface area contributed by atoms with E-state index in [0.29, 0.717) is 5.56 Å². The topological polar surface area (TPSA) is 105 Å². The fourth-order valence-electron chi connectivity index (χ4n) is 4.26. The van der Waals surface area contributed by atoms with Gasteiger partial charge in [0.1, 0.15) is 6.61 Å². The highest BCUT2D eigenvalue weighted by molar-refractivity contribution is 5.87. The van der Waals surface area contributed by atoms with Gasteiger partial charge in [-0.15, -0.1) is 0 Å². The van der Waals surface area contributed by atoms with Crippen LogP contribution in [0.1, 0.15) is 28.2 Å². The summed E-state index contributed by atoms with van der Waals surface area (Å²) in [7, 11) is 0. The van der Waals surface area contributed by atoms with Crippen LogP contribution in [0.25, 0.3) is 11.1 Å². The van der Waals surface area contributed by atoms with Crippen LogP contribution in [-0.4, -0.2) is 36.2 Å². The molecule has 0 aliphatic heterocycles. The Balaban J connectivity index is 1.22. The Hall–Kier alpha value is -4.39. The van der Waals surface area contributed by atoms with Crippen LogP contribution in [-0.2, 0) is 27.3 Å². The summed E-state index contributed by atoms with van der Waals surface area (Å²) in [6.45, 7) is 0.575. The fourth-order valence-corrected chi connectivity index (χ4v) is 4.26. The Morgan fingerprint density at radius 3 is 2.09 bits per heavy atom. The third-order valence-corrected chi connectivity index (χ3v) is 5.89. The lowest BCUT2D eigenvalue weighted by atomic mass is 9.98. The maximum Gasteiger partial charge on any atom is 0.407 e. The second-order valence-corrected chi connectivity index (χ2v) is 8.17. The molecule has 1 aliphatic carbocycles. The molecule has 1 aliphatic rings. The van der Waals surface area contributed by atoms with Gasteiger partial charge in [0.25, 0.3) is 0 Å². The van der Waals surface area contributed by atoms with Crippen molar-refractivity contribution in [1.29, 1.82) is 0 Å². The third kappa shape index (κ3) is 5.95. The zero-order valence-corrected chi connectivity index (χ0v) is 19.1. The van der Waals surface area contributed by atoms with E-state index in [4.69, 9.17) is 9.84 Å². The van der Waals surface area contributed by atoms with Crippen molar-refractivity contribution in [1.82, 2.24) is 10.6 Å². The van der Waals surface area contributed by atoms with Gasteiger partial charge in [0.2, 0.25) is 5.91 Å². The van der Waals surface area contributed by atoms with E-state index in [-0.39, 0.29) is 37.9 Å². The van der Waals surface area contributed by atoms with Crippen LogP contribution in [0, 0.1) is 0 Å². The van der Waals surface area contributed by atoms with Crippen LogP contribution in [0.5, 0.6) is 0 Å².